The number of carbonyl (C=O) groups excluding carboxylic acids is 1. The minimum Gasteiger partial charge on any atom is -0.355 e. The van der Waals surface area contributed by atoms with Gasteiger partial charge in [0.2, 0.25) is 5.91 Å². The van der Waals surface area contributed by atoms with E-state index < -0.39 is 0 Å². The summed E-state index contributed by atoms with van der Waals surface area (Å²) in [6, 6.07) is 0. The van der Waals surface area contributed by atoms with Crippen LogP contribution in [0.15, 0.2) is 0 Å². The van der Waals surface area contributed by atoms with Gasteiger partial charge in [0.05, 0.1) is 5.75 Å². The normalized spacial score (nSPS) is 22.8. The average molecular weight is 216 g/mol. The predicted molar refractivity (Wildman–Crippen MR) is 61.6 cm³/mol. The zero-order valence-electron chi connectivity index (χ0n) is 8.84. The van der Waals surface area contributed by atoms with E-state index >= 15 is 0 Å². The lowest BCUT2D eigenvalue weighted by Gasteiger charge is -2.14. The summed E-state index contributed by atoms with van der Waals surface area (Å²) in [4.78, 5) is 11.2. The standard InChI is InChI=1S/C10H20N2OS/c1-14-8-10(13)12-7-9-4-2-3-5-11-6-9/h9,11H,2-8H2,1H3,(H,12,13). The Labute approximate surface area is 90.4 Å². The fraction of sp³-hybridized carbons (Fsp3) is 0.900. The van der Waals surface area contributed by atoms with Crippen LogP contribution in [0.5, 0.6) is 0 Å². The second-order valence-electron chi connectivity index (χ2n) is 3.80. The smallest absolute Gasteiger partial charge is 0.229 e. The van der Waals surface area contributed by atoms with Gasteiger partial charge in [-0.2, -0.15) is 11.8 Å². The molecule has 0 aliphatic carbocycles. The molecule has 0 aromatic rings. The Bertz CT molecular complexity index is 168. The second-order valence-corrected chi connectivity index (χ2v) is 4.67. The van der Waals surface area contributed by atoms with Crippen molar-refractivity contribution in [1.82, 2.24) is 10.6 Å². The molecule has 0 radical (unpaired) electrons. The fourth-order valence-electron chi connectivity index (χ4n) is 1.71. The average Bonchev–Trinajstić information content (AvgIpc) is 2.43. The van der Waals surface area contributed by atoms with Gasteiger partial charge in [-0.15, -0.1) is 0 Å². The Kier molecular flexibility index (Phi) is 6.03. The van der Waals surface area contributed by atoms with E-state index in [1.807, 2.05) is 6.26 Å². The van der Waals surface area contributed by atoms with E-state index in [0.29, 0.717) is 11.7 Å². The summed E-state index contributed by atoms with van der Waals surface area (Å²) in [6.07, 6.45) is 5.75. The highest BCUT2D eigenvalue weighted by Gasteiger charge is 2.12. The van der Waals surface area contributed by atoms with Gasteiger partial charge in [0.15, 0.2) is 0 Å². The maximum atomic E-state index is 11.2. The highest BCUT2D eigenvalue weighted by molar-refractivity contribution is 7.99. The number of hydrogen-bond donors (Lipinski definition) is 2. The molecule has 82 valence electrons. The van der Waals surface area contributed by atoms with Crippen molar-refractivity contribution < 1.29 is 4.79 Å². The van der Waals surface area contributed by atoms with E-state index in [-0.39, 0.29) is 5.91 Å². The minimum absolute atomic E-state index is 0.168. The number of rotatable bonds is 4. The molecule has 3 nitrogen and oxygen atoms in total. The lowest BCUT2D eigenvalue weighted by atomic mass is 10.0. The summed E-state index contributed by atoms with van der Waals surface area (Å²) in [5.41, 5.74) is 0. The predicted octanol–water partition coefficient (Wildman–Crippen LogP) is 0.855. The van der Waals surface area contributed by atoms with Gasteiger partial charge in [-0.3, -0.25) is 4.79 Å². The van der Waals surface area contributed by atoms with Gasteiger partial charge in [0.25, 0.3) is 0 Å². The van der Waals surface area contributed by atoms with Crippen molar-refractivity contribution in [2.75, 3.05) is 31.6 Å². The second kappa shape index (κ2) is 7.12. The van der Waals surface area contributed by atoms with E-state index in [2.05, 4.69) is 10.6 Å². The summed E-state index contributed by atoms with van der Waals surface area (Å²) in [7, 11) is 0. The molecule has 14 heavy (non-hydrogen) atoms. The van der Waals surface area contributed by atoms with Crippen molar-refractivity contribution in [2.45, 2.75) is 19.3 Å². The highest BCUT2D eigenvalue weighted by atomic mass is 32.2. The van der Waals surface area contributed by atoms with Crippen LogP contribution in [-0.4, -0.2) is 37.6 Å². The molecule has 1 atom stereocenters. The molecule has 1 aliphatic rings. The van der Waals surface area contributed by atoms with Crippen molar-refractivity contribution in [1.29, 1.82) is 0 Å². The topological polar surface area (TPSA) is 41.1 Å². The number of thioether (sulfide) groups is 1. The molecular formula is C10H20N2OS. The third-order valence-electron chi connectivity index (χ3n) is 2.51. The van der Waals surface area contributed by atoms with Crippen molar-refractivity contribution in [3.63, 3.8) is 0 Å². The van der Waals surface area contributed by atoms with Gasteiger partial charge in [-0.25, -0.2) is 0 Å². The Morgan fingerprint density at radius 1 is 1.57 bits per heavy atom. The van der Waals surface area contributed by atoms with Gasteiger partial charge in [-0.1, -0.05) is 6.42 Å². The summed E-state index contributed by atoms with van der Waals surface area (Å²) in [5, 5.41) is 6.38. The van der Waals surface area contributed by atoms with Crippen LogP contribution in [0.25, 0.3) is 0 Å². The molecule has 0 saturated carbocycles. The first-order valence-corrected chi connectivity index (χ1v) is 6.68. The molecule has 0 spiro atoms. The van der Waals surface area contributed by atoms with Crippen LogP contribution < -0.4 is 10.6 Å². The fourth-order valence-corrected chi connectivity index (χ4v) is 2.07. The number of carbonyl (C=O) groups is 1. The maximum absolute atomic E-state index is 11.2. The number of amides is 1. The Morgan fingerprint density at radius 2 is 2.43 bits per heavy atom. The molecule has 1 fully saturated rings. The molecule has 0 aromatic heterocycles. The van der Waals surface area contributed by atoms with Gasteiger partial charge in [0.1, 0.15) is 0 Å². The van der Waals surface area contributed by atoms with Crippen LogP contribution in [0, 0.1) is 5.92 Å². The van der Waals surface area contributed by atoms with E-state index in [0.717, 1.165) is 19.6 Å². The van der Waals surface area contributed by atoms with Crippen molar-refractivity contribution in [3.05, 3.63) is 0 Å². The summed E-state index contributed by atoms with van der Waals surface area (Å²) < 4.78 is 0. The van der Waals surface area contributed by atoms with Gasteiger partial charge >= 0.3 is 0 Å². The molecular weight excluding hydrogens is 196 g/mol. The molecule has 1 rings (SSSR count). The summed E-state index contributed by atoms with van der Waals surface area (Å²) in [5.74, 6) is 1.38. The van der Waals surface area contributed by atoms with Crippen LogP contribution in [0.3, 0.4) is 0 Å². The first-order chi connectivity index (χ1) is 6.83. The van der Waals surface area contributed by atoms with Crippen molar-refractivity contribution >= 4 is 17.7 Å². The molecule has 1 aliphatic heterocycles. The van der Waals surface area contributed by atoms with Gasteiger partial charge < -0.3 is 10.6 Å². The molecule has 1 heterocycles. The molecule has 1 unspecified atom stereocenters. The van der Waals surface area contributed by atoms with E-state index in [9.17, 15) is 4.79 Å². The van der Waals surface area contributed by atoms with Crippen molar-refractivity contribution in [3.8, 4) is 0 Å². The lowest BCUT2D eigenvalue weighted by Crippen LogP contribution is -2.34. The quantitative estimate of drug-likeness (QED) is 0.732. The van der Waals surface area contributed by atoms with Crippen molar-refractivity contribution in [2.24, 2.45) is 5.92 Å². The van der Waals surface area contributed by atoms with Crippen LogP contribution in [0.1, 0.15) is 19.3 Å². The van der Waals surface area contributed by atoms with Crippen LogP contribution in [0.2, 0.25) is 0 Å². The molecule has 0 bridgehead atoms. The molecule has 2 N–H and O–H groups in total. The van der Waals surface area contributed by atoms with Gasteiger partial charge in [-0.05, 0) is 38.1 Å². The first kappa shape index (κ1) is 11.9. The number of hydrogen-bond acceptors (Lipinski definition) is 3. The van der Waals surface area contributed by atoms with E-state index in [1.54, 1.807) is 11.8 Å². The third-order valence-corrected chi connectivity index (χ3v) is 3.06. The highest BCUT2D eigenvalue weighted by Crippen LogP contribution is 2.09. The summed E-state index contributed by atoms with van der Waals surface area (Å²) >= 11 is 1.57. The van der Waals surface area contributed by atoms with E-state index in [1.165, 1.54) is 19.3 Å². The zero-order chi connectivity index (χ0) is 10.2. The third kappa shape index (κ3) is 4.86. The maximum Gasteiger partial charge on any atom is 0.229 e. The van der Waals surface area contributed by atoms with Crippen LogP contribution >= 0.6 is 11.8 Å². The molecule has 4 heteroatoms. The zero-order valence-corrected chi connectivity index (χ0v) is 9.66. The Balaban J connectivity index is 2.12. The Morgan fingerprint density at radius 3 is 3.21 bits per heavy atom. The SMILES string of the molecule is CSCC(=O)NCC1CCCCNC1. The largest absolute Gasteiger partial charge is 0.355 e. The minimum atomic E-state index is 0.168. The molecule has 1 amide bonds. The Hall–Kier alpha value is -0.220. The number of nitrogens with one attached hydrogen (secondary N) is 2. The lowest BCUT2D eigenvalue weighted by molar-refractivity contribution is -0.118. The summed E-state index contributed by atoms with van der Waals surface area (Å²) in [6.45, 7) is 3.03. The monoisotopic (exact) mass is 216 g/mol. The molecule has 0 aromatic carbocycles. The van der Waals surface area contributed by atoms with Gasteiger partial charge in [0, 0.05) is 6.54 Å². The molecule has 1 saturated heterocycles. The van der Waals surface area contributed by atoms with E-state index in [4.69, 9.17) is 0 Å². The van der Waals surface area contributed by atoms with Crippen LogP contribution in [-0.2, 0) is 4.79 Å². The van der Waals surface area contributed by atoms with Crippen LogP contribution in [0.4, 0.5) is 0 Å². The first-order valence-electron chi connectivity index (χ1n) is 5.29.